The topological polar surface area (TPSA) is 44.8 Å². The van der Waals surface area contributed by atoms with E-state index in [0.717, 1.165) is 0 Å². The number of rotatable bonds is 1. The maximum absolute atomic E-state index is 11.3. The Labute approximate surface area is 89.2 Å². The van der Waals surface area contributed by atoms with Gasteiger partial charge in [0.1, 0.15) is 11.9 Å². The Morgan fingerprint density at radius 3 is 2.87 bits per heavy atom. The Kier molecular flexibility index (Phi) is 2.69. The Bertz CT molecular complexity index is 297. The molecule has 1 fully saturated rings. The largest absolute Gasteiger partial charge is 0.500 e. The lowest BCUT2D eigenvalue weighted by Gasteiger charge is -2.41. The van der Waals surface area contributed by atoms with Crippen molar-refractivity contribution in [2.45, 2.75) is 26.1 Å². The van der Waals surface area contributed by atoms with E-state index in [0.29, 0.717) is 12.4 Å². The first kappa shape index (κ1) is 10.5. The molecule has 2 heterocycles. The molecule has 2 aliphatic rings. The first-order valence-corrected chi connectivity index (χ1v) is 5.21. The summed E-state index contributed by atoms with van der Waals surface area (Å²) in [6.45, 7) is 4.59. The fourth-order valence-electron chi connectivity index (χ4n) is 2.17. The third kappa shape index (κ3) is 1.74. The van der Waals surface area contributed by atoms with E-state index in [2.05, 4.69) is 0 Å². The maximum atomic E-state index is 11.3. The molecular weight excluding hydrogens is 196 g/mol. The molecule has 1 saturated heterocycles. The third-order valence-electron chi connectivity index (χ3n) is 3.31. The van der Waals surface area contributed by atoms with E-state index >= 15 is 0 Å². The first-order chi connectivity index (χ1) is 7.13. The number of fused-ring (bicyclic) bond motifs is 1. The fraction of sp³-hybridized carbons (Fsp3) is 0.727. The summed E-state index contributed by atoms with van der Waals surface area (Å²) < 4.78 is 16.1. The predicted octanol–water partition coefficient (Wildman–Crippen LogP) is 1.11. The minimum atomic E-state index is -0.311. The van der Waals surface area contributed by atoms with Crippen LogP contribution in [0.15, 0.2) is 11.8 Å². The van der Waals surface area contributed by atoms with Gasteiger partial charge in [0.15, 0.2) is 0 Å². The summed E-state index contributed by atoms with van der Waals surface area (Å²) in [5, 5.41) is 0. The highest BCUT2D eigenvalue weighted by Gasteiger charge is 2.43. The van der Waals surface area contributed by atoms with Crippen LogP contribution in [-0.2, 0) is 19.0 Å². The van der Waals surface area contributed by atoms with Crippen molar-refractivity contribution in [3.05, 3.63) is 11.8 Å². The van der Waals surface area contributed by atoms with Crippen molar-refractivity contribution >= 4 is 5.97 Å². The van der Waals surface area contributed by atoms with E-state index < -0.39 is 0 Å². The molecule has 4 heteroatoms. The van der Waals surface area contributed by atoms with Gasteiger partial charge in [0, 0.05) is 5.92 Å². The van der Waals surface area contributed by atoms with Crippen molar-refractivity contribution in [1.29, 1.82) is 0 Å². The van der Waals surface area contributed by atoms with Crippen LogP contribution < -0.4 is 0 Å². The summed E-state index contributed by atoms with van der Waals surface area (Å²) in [5.74, 6) is 0.620. The highest BCUT2D eigenvalue weighted by molar-refractivity contribution is 5.83. The summed E-state index contributed by atoms with van der Waals surface area (Å²) >= 11 is 0. The second-order valence-electron chi connectivity index (χ2n) is 4.16. The molecule has 2 unspecified atom stereocenters. The number of hydrogen-bond donors (Lipinski definition) is 0. The zero-order valence-corrected chi connectivity index (χ0v) is 9.23. The molecule has 0 saturated carbocycles. The average molecular weight is 212 g/mol. The molecular formula is C11H16O4. The molecule has 4 atom stereocenters. The van der Waals surface area contributed by atoms with E-state index in [1.807, 2.05) is 13.8 Å². The molecule has 4 nitrogen and oxygen atoms in total. The number of esters is 1. The predicted molar refractivity (Wildman–Crippen MR) is 53.0 cm³/mol. The van der Waals surface area contributed by atoms with Crippen molar-refractivity contribution in [2.75, 3.05) is 13.7 Å². The molecule has 0 aliphatic carbocycles. The second kappa shape index (κ2) is 3.85. The van der Waals surface area contributed by atoms with Crippen LogP contribution in [0.25, 0.3) is 0 Å². The van der Waals surface area contributed by atoms with Crippen LogP contribution in [0, 0.1) is 11.8 Å². The number of methoxy groups -OCH3 is 1. The zero-order valence-electron chi connectivity index (χ0n) is 9.23. The van der Waals surface area contributed by atoms with Gasteiger partial charge in [-0.15, -0.1) is 0 Å². The number of hydrogen-bond acceptors (Lipinski definition) is 4. The Balaban J connectivity index is 2.24. The van der Waals surface area contributed by atoms with Gasteiger partial charge in [-0.1, -0.05) is 6.92 Å². The Morgan fingerprint density at radius 1 is 1.47 bits per heavy atom. The maximum Gasteiger partial charge on any atom is 0.334 e. The van der Waals surface area contributed by atoms with Crippen molar-refractivity contribution in [3.63, 3.8) is 0 Å². The van der Waals surface area contributed by atoms with Crippen LogP contribution in [0.3, 0.4) is 0 Å². The average Bonchev–Trinajstić information content (AvgIpc) is 2.23. The van der Waals surface area contributed by atoms with Crippen molar-refractivity contribution in [3.8, 4) is 0 Å². The van der Waals surface area contributed by atoms with Crippen molar-refractivity contribution < 1.29 is 19.0 Å². The molecule has 84 valence electrons. The zero-order chi connectivity index (χ0) is 11.0. The smallest absolute Gasteiger partial charge is 0.334 e. The first-order valence-electron chi connectivity index (χ1n) is 5.21. The minimum absolute atomic E-state index is 0.0545. The normalized spacial score (nSPS) is 40.2. The molecule has 0 aromatic carbocycles. The van der Waals surface area contributed by atoms with Crippen molar-refractivity contribution in [1.82, 2.24) is 0 Å². The number of carbonyl (C=O) groups excluding carboxylic acids is 1. The standard InChI is InChI=1S/C11H16O4/c1-6-7(2)14-5-8-9(13-3)4-10(12)15-11(6)8/h4,6-8,11H,5H2,1-3H3/t6-,7-,8?,11?/m0/s1. The lowest BCUT2D eigenvalue weighted by atomic mass is 9.84. The van der Waals surface area contributed by atoms with E-state index in [1.54, 1.807) is 7.11 Å². The van der Waals surface area contributed by atoms with E-state index in [9.17, 15) is 4.79 Å². The van der Waals surface area contributed by atoms with E-state index in [-0.39, 0.29) is 30.0 Å². The minimum Gasteiger partial charge on any atom is -0.500 e. The van der Waals surface area contributed by atoms with Gasteiger partial charge < -0.3 is 14.2 Å². The number of carbonyl (C=O) groups is 1. The number of ether oxygens (including phenoxy) is 3. The summed E-state index contributed by atoms with van der Waals surface area (Å²) in [6.07, 6.45) is 1.42. The molecule has 0 aromatic heterocycles. The lowest BCUT2D eigenvalue weighted by molar-refractivity contribution is -0.172. The molecule has 0 bridgehead atoms. The highest BCUT2D eigenvalue weighted by Crippen LogP contribution is 2.35. The van der Waals surface area contributed by atoms with Crippen LogP contribution in [0.2, 0.25) is 0 Å². The van der Waals surface area contributed by atoms with Crippen LogP contribution in [-0.4, -0.2) is 31.9 Å². The molecule has 0 radical (unpaired) electrons. The summed E-state index contributed by atoms with van der Waals surface area (Å²) in [4.78, 5) is 11.3. The van der Waals surface area contributed by atoms with Crippen LogP contribution >= 0.6 is 0 Å². The molecule has 0 amide bonds. The van der Waals surface area contributed by atoms with Crippen LogP contribution in [0.4, 0.5) is 0 Å². The van der Waals surface area contributed by atoms with Gasteiger partial charge in [-0.2, -0.15) is 0 Å². The van der Waals surface area contributed by atoms with Gasteiger partial charge in [0.2, 0.25) is 0 Å². The van der Waals surface area contributed by atoms with Gasteiger partial charge in [-0.05, 0) is 6.92 Å². The highest BCUT2D eigenvalue weighted by atomic mass is 16.6. The van der Waals surface area contributed by atoms with Gasteiger partial charge in [-0.3, -0.25) is 0 Å². The van der Waals surface area contributed by atoms with Gasteiger partial charge in [0.25, 0.3) is 0 Å². The van der Waals surface area contributed by atoms with E-state index in [1.165, 1.54) is 6.08 Å². The summed E-state index contributed by atoms with van der Waals surface area (Å²) in [7, 11) is 1.57. The Morgan fingerprint density at radius 2 is 2.20 bits per heavy atom. The summed E-state index contributed by atoms with van der Waals surface area (Å²) in [5.41, 5.74) is 0. The van der Waals surface area contributed by atoms with Gasteiger partial charge in [-0.25, -0.2) is 4.79 Å². The van der Waals surface area contributed by atoms with Gasteiger partial charge >= 0.3 is 5.97 Å². The monoisotopic (exact) mass is 212 g/mol. The molecule has 0 spiro atoms. The fourth-order valence-corrected chi connectivity index (χ4v) is 2.17. The molecule has 2 rings (SSSR count). The lowest BCUT2D eigenvalue weighted by Crippen LogP contribution is -2.48. The van der Waals surface area contributed by atoms with E-state index in [4.69, 9.17) is 14.2 Å². The van der Waals surface area contributed by atoms with Crippen LogP contribution in [0.5, 0.6) is 0 Å². The molecule has 2 aliphatic heterocycles. The molecule has 0 aromatic rings. The quantitative estimate of drug-likeness (QED) is 0.611. The van der Waals surface area contributed by atoms with Crippen molar-refractivity contribution in [2.24, 2.45) is 11.8 Å². The second-order valence-corrected chi connectivity index (χ2v) is 4.16. The molecule has 0 N–H and O–H groups in total. The third-order valence-corrected chi connectivity index (χ3v) is 3.31. The summed E-state index contributed by atoms with van der Waals surface area (Å²) in [6, 6.07) is 0. The van der Waals surface area contributed by atoms with Gasteiger partial charge in [0.05, 0.1) is 31.8 Å². The van der Waals surface area contributed by atoms with Crippen LogP contribution in [0.1, 0.15) is 13.8 Å². The SMILES string of the molecule is COC1=CC(=O)OC2C1CO[C@@H](C)[C@@H]2C. The Hall–Kier alpha value is -1.03. The molecule has 15 heavy (non-hydrogen) atoms.